The second-order valence-electron chi connectivity index (χ2n) is 5.52. The fraction of sp³-hybridized carbons (Fsp3) is 0.278. The fourth-order valence-corrected chi connectivity index (χ4v) is 2.82. The lowest BCUT2D eigenvalue weighted by Crippen LogP contribution is -2.31. The maximum absolute atomic E-state index is 12.0. The molecule has 1 aromatic carbocycles. The Morgan fingerprint density at radius 3 is 2.54 bits per heavy atom. The number of hydrogen-bond donors (Lipinski definition) is 3. The van der Waals surface area contributed by atoms with Crippen LogP contribution in [0.15, 0.2) is 41.8 Å². The molecule has 0 aliphatic carbocycles. The van der Waals surface area contributed by atoms with Crippen molar-refractivity contribution in [1.82, 2.24) is 10.6 Å². The highest BCUT2D eigenvalue weighted by Crippen LogP contribution is 2.17. The Bertz CT molecular complexity index is 743. The molecule has 1 unspecified atom stereocenters. The first-order valence-electron chi connectivity index (χ1n) is 8.01. The number of benzene rings is 1. The molecule has 0 radical (unpaired) electrons. The third kappa shape index (κ3) is 6.21. The molecule has 0 aliphatic rings. The van der Waals surface area contributed by atoms with Gasteiger partial charge in [0.05, 0.1) is 10.9 Å². The summed E-state index contributed by atoms with van der Waals surface area (Å²) in [6, 6.07) is 10.1. The van der Waals surface area contributed by atoms with Crippen LogP contribution in [0, 0.1) is 0 Å². The molecule has 8 heteroatoms. The van der Waals surface area contributed by atoms with Gasteiger partial charge in [0.2, 0.25) is 5.91 Å². The van der Waals surface area contributed by atoms with Gasteiger partial charge in [-0.2, -0.15) is 0 Å². The summed E-state index contributed by atoms with van der Waals surface area (Å²) in [5.41, 5.74) is 0.864. The maximum Gasteiger partial charge on any atom is 0.341 e. The van der Waals surface area contributed by atoms with Gasteiger partial charge in [0.1, 0.15) is 5.75 Å². The first-order chi connectivity index (χ1) is 12.5. The molecule has 0 spiro atoms. The summed E-state index contributed by atoms with van der Waals surface area (Å²) in [6.07, 6.45) is 0.182. The summed E-state index contributed by atoms with van der Waals surface area (Å²) in [5, 5.41) is 16.0. The molecule has 1 atom stereocenters. The number of nitrogens with one attached hydrogen (secondary N) is 2. The lowest BCUT2D eigenvalue weighted by molar-refractivity contribution is -0.139. The van der Waals surface area contributed by atoms with Crippen molar-refractivity contribution in [3.05, 3.63) is 52.2 Å². The number of ether oxygens (including phenoxy) is 1. The number of thiophene rings is 1. The molecule has 0 bridgehead atoms. The van der Waals surface area contributed by atoms with Crippen molar-refractivity contribution in [3.8, 4) is 5.75 Å². The van der Waals surface area contributed by atoms with Crippen LogP contribution in [-0.4, -0.2) is 36.0 Å². The Balaban J connectivity index is 1.74. The van der Waals surface area contributed by atoms with E-state index in [0.29, 0.717) is 10.6 Å². The quantitative estimate of drug-likeness (QED) is 0.622. The summed E-state index contributed by atoms with van der Waals surface area (Å²) in [5.74, 6) is -0.945. The normalized spacial score (nSPS) is 11.4. The highest BCUT2D eigenvalue weighted by molar-refractivity contribution is 7.12. The molecule has 0 aliphatic heterocycles. The molecular formula is C18H20N2O5S. The molecule has 3 N–H and O–H groups in total. The molecule has 0 fully saturated rings. The number of aliphatic carboxylic acids is 1. The van der Waals surface area contributed by atoms with Crippen molar-refractivity contribution in [2.45, 2.75) is 19.4 Å². The Morgan fingerprint density at radius 1 is 1.19 bits per heavy atom. The van der Waals surface area contributed by atoms with Crippen molar-refractivity contribution in [2.24, 2.45) is 0 Å². The maximum atomic E-state index is 12.0. The highest BCUT2D eigenvalue weighted by atomic mass is 32.1. The fourth-order valence-electron chi connectivity index (χ4n) is 2.18. The molecule has 0 saturated heterocycles. The van der Waals surface area contributed by atoms with Crippen molar-refractivity contribution in [2.75, 3.05) is 13.2 Å². The van der Waals surface area contributed by atoms with Gasteiger partial charge < -0.3 is 20.5 Å². The Hall–Kier alpha value is -2.87. The molecular weight excluding hydrogens is 356 g/mol. The van der Waals surface area contributed by atoms with Crippen LogP contribution in [0.5, 0.6) is 5.75 Å². The molecule has 1 aromatic heterocycles. The van der Waals surface area contributed by atoms with E-state index >= 15 is 0 Å². The topological polar surface area (TPSA) is 105 Å². The smallest absolute Gasteiger partial charge is 0.341 e. The van der Waals surface area contributed by atoms with Crippen molar-refractivity contribution >= 4 is 29.1 Å². The van der Waals surface area contributed by atoms with E-state index in [2.05, 4.69) is 10.6 Å². The van der Waals surface area contributed by atoms with E-state index in [4.69, 9.17) is 9.84 Å². The Morgan fingerprint density at radius 2 is 1.92 bits per heavy atom. The molecule has 7 nitrogen and oxygen atoms in total. The van der Waals surface area contributed by atoms with Crippen molar-refractivity contribution < 1.29 is 24.2 Å². The lowest BCUT2D eigenvalue weighted by Gasteiger charge is -2.15. The molecule has 1 heterocycles. The monoisotopic (exact) mass is 376 g/mol. The van der Waals surface area contributed by atoms with Gasteiger partial charge in [-0.1, -0.05) is 18.2 Å². The Kier molecular flexibility index (Phi) is 7.16. The number of carboxylic acid groups (broad SMARTS) is 1. The average molecular weight is 376 g/mol. The number of carbonyl (C=O) groups excluding carboxylic acids is 2. The zero-order chi connectivity index (χ0) is 18.9. The van der Waals surface area contributed by atoms with Crippen molar-refractivity contribution in [1.29, 1.82) is 0 Å². The first-order valence-corrected chi connectivity index (χ1v) is 8.89. The van der Waals surface area contributed by atoms with E-state index in [-0.39, 0.29) is 30.8 Å². The SMILES string of the molecule is CC(NC(=O)CCNC(=O)c1cccs1)c1ccc(OCC(=O)O)cc1. The van der Waals surface area contributed by atoms with E-state index < -0.39 is 12.6 Å². The van der Waals surface area contributed by atoms with Gasteiger partial charge in [0, 0.05) is 13.0 Å². The van der Waals surface area contributed by atoms with Crippen LogP contribution >= 0.6 is 11.3 Å². The van der Waals surface area contributed by atoms with Crippen LogP contribution in [0.4, 0.5) is 0 Å². The third-order valence-electron chi connectivity index (χ3n) is 3.50. The third-order valence-corrected chi connectivity index (χ3v) is 4.37. The number of hydrogen-bond acceptors (Lipinski definition) is 5. The van der Waals surface area contributed by atoms with Crippen LogP contribution in [0.3, 0.4) is 0 Å². The van der Waals surface area contributed by atoms with Gasteiger partial charge in [-0.15, -0.1) is 11.3 Å². The standard InChI is InChI=1S/C18H20N2O5S/c1-12(13-4-6-14(7-5-13)25-11-17(22)23)20-16(21)8-9-19-18(24)15-3-2-10-26-15/h2-7,10,12H,8-9,11H2,1H3,(H,19,24)(H,20,21)(H,22,23). The van der Waals surface area contributed by atoms with Gasteiger partial charge in [-0.05, 0) is 36.1 Å². The van der Waals surface area contributed by atoms with Gasteiger partial charge in [-0.25, -0.2) is 4.79 Å². The summed E-state index contributed by atoms with van der Waals surface area (Å²) < 4.78 is 5.06. The van der Waals surface area contributed by atoms with Crippen LogP contribution in [-0.2, 0) is 9.59 Å². The molecule has 26 heavy (non-hydrogen) atoms. The summed E-state index contributed by atoms with van der Waals surface area (Å²) in [7, 11) is 0. The summed E-state index contributed by atoms with van der Waals surface area (Å²) in [4.78, 5) is 34.8. The highest BCUT2D eigenvalue weighted by Gasteiger charge is 2.11. The number of amides is 2. The second-order valence-corrected chi connectivity index (χ2v) is 6.47. The van der Waals surface area contributed by atoms with Crippen LogP contribution in [0.25, 0.3) is 0 Å². The molecule has 2 rings (SSSR count). The zero-order valence-corrected chi connectivity index (χ0v) is 15.0. The van der Waals surface area contributed by atoms with Gasteiger partial charge in [0.25, 0.3) is 5.91 Å². The van der Waals surface area contributed by atoms with E-state index in [1.807, 2.05) is 12.3 Å². The summed E-state index contributed by atoms with van der Waals surface area (Å²) >= 11 is 1.35. The first kappa shape index (κ1) is 19.5. The number of rotatable bonds is 9. The van der Waals surface area contributed by atoms with Crippen LogP contribution in [0.1, 0.15) is 34.6 Å². The molecule has 138 valence electrons. The van der Waals surface area contributed by atoms with E-state index in [9.17, 15) is 14.4 Å². The number of carboxylic acids is 1. The van der Waals surface area contributed by atoms with Gasteiger partial charge >= 0.3 is 5.97 Å². The van der Waals surface area contributed by atoms with Crippen molar-refractivity contribution in [3.63, 3.8) is 0 Å². The zero-order valence-electron chi connectivity index (χ0n) is 14.2. The predicted octanol–water partition coefficient (Wildman–Crippen LogP) is 2.21. The number of carbonyl (C=O) groups is 3. The van der Waals surface area contributed by atoms with Gasteiger partial charge in [0.15, 0.2) is 6.61 Å². The van der Waals surface area contributed by atoms with Crippen LogP contribution in [0.2, 0.25) is 0 Å². The Labute approximate surface area is 155 Å². The van der Waals surface area contributed by atoms with Crippen LogP contribution < -0.4 is 15.4 Å². The molecule has 2 aromatic rings. The predicted molar refractivity (Wildman–Crippen MR) is 97.4 cm³/mol. The molecule has 2 amide bonds. The van der Waals surface area contributed by atoms with Gasteiger partial charge in [-0.3, -0.25) is 9.59 Å². The van der Waals surface area contributed by atoms with E-state index in [1.165, 1.54) is 11.3 Å². The summed E-state index contributed by atoms with van der Waals surface area (Å²) in [6.45, 7) is 1.70. The minimum atomic E-state index is -1.04. The minimum absolute atomic E-state index is 0.171. The largest absolute Gasteiger partial charge is 0.482 e. The second kappa shape index (κ2) is 9.57. The average Bonchev–Trinajstić information content (AvgIpc) is 3.15. The van der Waals surface area contributed by atoms with E-state index in [0.717, 1.165) is 5.56 Å². The molecule has 0 saturated carbocycles. The lowest BCUT2D eigenvalue weighted by atomic mass is 10.1. The minimum Gasteiger partial charge on any atom is -0.482 e. The van der Waals surface area contributed by atoms with E-state index in [1.54, 1.807) is 36.4 Å².